The van der Waals surface area contributed by atoms with Crippen LogP contribution in [0, 0.1) is 0 Å². The summed E-state index contributed by atoms with van der Waals surface area (Å²) in [7, 11) is -3.23. The van der Waals surface area contributed by atoms with Crippen LogP contribution in [0.15, 0.2) is 24.3 Å². The van der Waals surface area contributed by atoms with Crippen LogP contribution >= 0.6 is 0 Å². The third kappa shape index (κ3) is 3.19. The molecule has 0 aliphatic rings. The maximum atomic E-state index is 12.2. The van der Waals surface area contributed by atoms with Gasteiger partial charge in [-0.15, -0.1) is 0 Å². The van der Waals surface area contributed by atoms with Crippen LogP contribution in [0.5, 0.6) is 0 Å². The second-order valence-corrected chi connectivity index (χ2v) is 7.11. The minimum atomic E-state index is -3.23. The molecule has 0 bridgehead atoms. The summed E-state index contributed by atoms with van der Waals surface area (Å²) in [5.41, 5.74) is 7.34. The van der Waals surface area contributed by atoms with Crippen LogP contribution in [0.3, 0.4) is 0 Å². The Balaban J connectivity index is 2.34. The van der Waals surface area contributed by atoms with Gasteiger partial charge in [0.2, 0.25) is 0 Å². The number of fused-ring (bicyclic) bond motifs is 1. The first kappa shape index (κ1) is 15.0. The SMILES string of the molecule is CCC(N)CS(=O)(=O)Cc1nn(CC)c2ccccc12. The molecule has 1 atom stereocenters. The van der Waals surface area contributed by atoms with Crippen LogP contribution in [-0.2, 0) is 22.1 Å². The first-order valence-corrected chi connectivity index (χ1v) is 8.69. The Morgan fingerprint density at radius 3 is 2.65 bits per heavy atom. The Kier molecular flexibility index (Phi) is 4.45. The van der Waals surface area contributed by atoms with E-state index in [9.17, 15) is 8.42 Å². The Labute approximate surface area is 119 Å². The molecule has 0 radical (unpaired) electrons. The minimum absolute atomic E-state index is 0.0107. The number of hydrogen-bond acceptors (Lipinski definition) is 4. The first-order chi connectivity index (χ1) is 9.46. The van der Waals surface area contributed by atoms with Crippen molar-refractivity contribution in [2.75, 3.05) is 5.75 Å². The van der Waals surface area contributed by atoms with Gasteiger partial charge in [-0.3, -0.25) is 4.68 Å². The van der Waals surface area contributed by atoms with Crippen LogP contribution < -0.4 is 5.73 Å². The lowest BCUT2D eigenvalue weighted by Crippen LogP contribution is -2.29. The molecule has 6 heteroatoms. The van der Waals surface area contributed by atoms with Crippen LogP contribution in [0.25, 0.3) is 10.9 Å². The number of hydrogen-bond donors (Lipinski definition) is 1. The number of aryl methyl sites for hydroxylation is 1. The van der Waals surface area contributed by atoms with E-state index in [0.717, 1.165) is 17.4 Å². The molecular formula is C14H21N3O2S. The van der Waals surface area contributed by atoms with E-state index >= 15 is 0 Å². The Bertz CT molecular complexity index is 692. The van der Waals surface area contributed by atoms with E-state index in [0.29, 0.717) is 12.1 Å². The molecule has 0 saturated carbocycles. The van der Waals surface area contributed by atoms with Gasteiger partial charge in [-0.2, -0.15) is 5.10 Å². The number of sulfone groups is 1. The molecule has 1 aromatic heterocycles. The Morgan fingerprint density at radius 1 is 1.30 bits per heavy atom. The number of benzene rings is 1. The van der Waals surface area contributed by atoms with Gasteiger partial charge in [0, 0.05) is 18.0 Å². The van der Waals surface area contributed by atoms with Gasteiger partial charge in [0.25, 0.3) is 0 Å². The van der Waals surface area contributed by atoms with Crippen molar-refractivity contribution < 1.29 is 8.42 Å². The van der Waals surface area contributed by atoms with Crippen molar-refractivity contribution in [1.29, 1.82) is 0 Å². The van der Waals surface area contributed by atoms with Gasteiger partial charge in [0.15, 0.2) is 9.84 Å². The zero-order chi connectivity index (χ0) is 14.8. The lowest BCUT2D eigenvalue weighted by Gasteiger charge is -2.08. The maximum Gasteiger partial charge on any atom is 0.157 e. The largest absolute Gasteiger partial charge is 0.327 e. The number of aromatic nitrogens is 2. The summed E-state index contributed by atoms with van der Waals surface area (Å²) in [6.07, 6.45) is 0.656. The second-order valence-electron chi connectivity index (χ2n) is 5.00. The smallest absolute Gasteiger partial charge is 0.157 e. The topological polar surface area (TPSA) is 78.0 Å². The van der Waals surface area contributed by atoms with Crippen molar-refractivity contribution in [3.63, 3.8) is 0 Å². The zero-order valence-corrected chi connectivity index (χ0v) is 12.7. The first-order valence-electron chi connectivity index (χ1n) is 6.87. The minimum Gasteiger partial charge on any atom is -0.327 e. The van der Waals surface area contributed by atoms with E-state index in [4.69, 9.17) is 5.73 Å². The van der Waals surface area contributed by atoms with Crippen LogP contribution in [-0.4, -0.2) is 30.0 Å². The maximum absolute atomic E-state index is 12.2. The molecule has 1 unspecified atom stereocenters. The van der Waals surface area contributed by atoms with E-state index in [1.165, 1.54) is 0 Å². The van der Waals surface area contributed by atoms with Gasteiger partial charge in [0.05, 0.1) is 22.7 Å². The Hall–Kier alpha value is -1.40. The standard InChI is InChI=1S/C14H21N3O2S/c1-3-11(15)9-20(18,19)10-13-12-7-5-6-8-14(12)17(4-2)16-13/h5-8,11H,3-4,9-10,15H2,1-2H3. The molecule has 0 amide bonds. The van der Waals surface area contributed by atoms with E-state index in [2.05, 4.69) is 5.10 Å². The molecule has 0 aliphatic carbocycles. The lowest BCUT2D eigenvalue weighted by atomic mass is 10.2. The van der Waals surface area contributed by atoms with E-state index in [1.54, 1.807) is 0 Å². The van der Waals surface area contributed by atoms with Crippen molar-refractivity contribution in [1.82, 2.24) is 9.78 Å². The number of para-hydroxylation sites is 1. The normalized spacial score (nSPS) is 13.8. The van der Waals surface area contributed by atoms with Crippen molar-refractivity contribution in [2.45, 2.75) is 38.6 Å². The second kappa shape index (κ2) is 5.93. The third-order valence-electron chi connectivity index (χ3n) is 3.38. The quantitative estimate of drug-likeness (QED) is 0.880. The molecule has 20 heavy (non-hydrogen) atoms. The molecule has 0 saturated heterocycles. The fraction of sp³-hybridized carbons (Fsp3) is 0.500. The van der Waals surface area contributed by atoms with E-state index < -0.39 is 9.84 Å². The highest BCUT2D eigenvalue weighted by Crippen LogP contribution is 2.20. The molecule has 1 heterocycles. The van der Waals surface area contributed by atoms with Crippen molar-refractivity contribution in [2.24, 2.45) is 5.73 Å². The van der Waals surface area contributed by atoms with Gasteiger partial charge in [0.1, 0.15) is 0 Å². The molecule has 0 spiro atoms. The molecular weight excluding hydrogens is 274 g/mol. The summed E-state index contributed by atoms with van der Waals surface area (Å²) in [6.45, 7) is 4.60. The van der Waals surface area contributed by atoms with Gasteiger partial charge in [-0.1, -0.05) is 25.1 Å². The fourth-order valence-corrected chi connectivity index (χ4v) is 3.89. The zero-order valence-electron chi connectivity index (χ0n) is 11.9. The predicted molar refractivity (Wildman–Crippen MR) is 81.2 cm³/mol. The molecule has 0 aliphatic heterocycles. The monoisotopic (exact) mass is 295 g/mol. The van der Waals surface area contributed by atoms with Crippen LogP contribution in [0.2, 0.25) is 0 Å². The van der Waals surface area contributed by atoms with Gasteiger partial charge < -0.3 is 5.73 Å². The summed E-state index contributed by atoms with van der Waals surface area (Å²) < 4.78 is 26.2. The molecule has 5 nitrogen and oxygen atoms in total. The van der Waals surface area contributed by atoms with Crippen LogP contribution in [0.1, 0.15) is 26.0 Å². The average Bonchev–Trinajstić information content (AvgIpc) is 2.76. The van der Waals surface area contributed by atoms with Crippen molar-refractivity contribution in [3.05, 3.63) is 30.0 Å². The van der Waals surface area contributed by atoms with Crippen LogP contribution in [0.4, 0.5) is 0 Å². The Morgan fingerprint density at radius 2 is 2.00 bits per heavy atom. The van der Waals surface area contributed by atoms with Gasteiger partial charge >= 0.3 is 0 Å². The number of nitrogens with zero attached hydrogens (tertiary/aromatic N) is 2. The third-order valence-corrected chi connectivity index (χ3v) is 5.03. The van der Waals surface area contributed by atoms with Crippen molar-refractivity contribution in [3.8, 4) is 0 Å². The molecule has 110 valence electrons. The molecule has 2 aromatic rings. The highest BCUT2D eigenvalue weighted by molar-refractivity contribution is 7.90. The fourth-order valence-electron chi connectivity index (χ4n) is 2.26. The lowest BCUT2D eigenvalue weighted by molar-refractivity contribution is 0.581. The molecule has 2 N–H and O–H groups in total. The molecule has 2 rings (SSSR count). The van der Waals surface area contributed by atoms with E-state index in [1.807, 2.05) is 42.8 Å². The average molecular weight is 295 g/mol. The van der Waals surface area contributed by atoms with E-state index in [-0.39, 0.29) is 17.5 Å². The highest BCUT2D eigenvalue weighted by Gasteiger charge is 2.20. The summed E-state index contributed by atoms with van der Waals surface area (Å²) in [5.74, 6) is -0.0367. The van der Waals surface area contributed by atoms with Gasteiger partial charge in [-0.25, -0.2) is 8.42 Å². The molecule has 1 aromatic carbocycles. The predicted octanol–water partition coefficient (Wildman–Crippen LogP) is 1.71. The summed E-state index contributed by atoms with van der Waals surface area (Å²) in [5, 5.41) is 5.33. The summed E-state index contributed by atoms with van der Waals surface area (Å²) in [4.78, 5) is 0. The number of rotatable bonds is 6. The summed E-state index contributed by atoms with van der Waals surface area (Å²) >= 11 is 0. The highest BCUT2D eigenvalue weighted by atomic mass is 32.2. The number of nitrogens with two attached hydrogens (primary N) is 1. The molecule has 0 fully saturated rings. The summed E-state index contributed by atoms with van der Waals surface area (Å²) in [6, 6.07) is 7.40. The van der Waals surface area contributed by atoms with Crippen molar-refractivity contribution >= 4 is 20.7 Å². The van der Waals surface area contributed by atoms with Gasteiger partial charge in [-0.05, 0) is 19.4 Å².